The minimum atomic E-state index is -0.652. The number of hydrogen-bond acceptors (Lipinski definition) is 2. The zero-order chi connectivity index (χ0) is 12.3. The van der Waals surface area contributed by atoms with Gasteiger partial charge in [-0.2, -0.15) is 0 Å². The van der Waals surface area contributed by atoms with Crippen molar-refractivity contribution in [3.63, 3.8) is 0 Å². The van der Waals surface area contributed by atoms with E-state index < -0.39 is 11.6 Å². The van der Waals surface area contributed by atoms with Crippen molar-refractivity contribution in [1.82, 2.24) is 4.90 Å². The van der Waals surface area contributed by atoms with Crippen LogP contribution in [0.3, 0.4) is 0 Å². The van der Waals surface area contributed by atoms with Crippen molar-refractivity contribution in [2.75, 3.05) is 25.0 Å². The summed E-state index contributed by atoms with van der Waals surface area (Å²) in [5.41, 5.74) is 0.287. The topological polar surface area (TPSA) is 32.3 Å². The first-order valence-corrected chi connectivity index (χ1v) is 5.63. The van der Waals surface area contributed by atoms with E-state index in [-0.39, 0.29) is 18.1 Å². The zero-order valence-corrected chi connectivity index (χ0v) is 9.38. The van der Waals surface area contributed by atoms with Crippen LogP contribution in [0.5, 0.6) is 0 Å². The van der Waals surface area contributed by atoms with E-state index in [9.17, 15) is 13.6 Å². The Labute approximate surface area is 98.4 Å². The summed E-state index contributed by atoms with van der Waals surface area (Å²) >= 11 is 0. The molecule has 0 unspecified atom stereocenters. The molecule has 5 heteroatoms. The summed E-state index contributed by atoms with van der Waals surface area (Å²) in [7, 11) is 0. The molecular formula is C12H14F2N2O. The van der Waals surface area contributed by atoms with Crippen molar-refractivity contribution in [3.05, 3.63) is 29.8 Å². The van der Waals surface area contributed by atoms with Gasteiger partial charge in [-0.05, 0) is 25.0 Å². The first-order chi connectivity index (χ1) is 8.15. The Morgan fingerprint density at radius 1 is 1.18 bits per heavy atom. The van der Waals surface area contributed by atoms with E-state index in [1.165, 1.54) is 12.1 Å². The molecule has 0 aliphatic carbocycles. The third kappa shape index (κ3) is 3.15. The third-order valence-electron chi connectivity index (χ3n) is 2.77. The SMILES string of the molecule is O=C(CNc1cc(F)cc(F)c1)N1CCCC1. The van der Waals surface area contributed by atoms with Crippen LogP contribution < -0.4 is 5.32 Å². The van der Waals surface area contributed by atoms with Gasteiger partial charge in [0.2, 0.25) is 5.91 Å². The van der Waals surface area contributed by atoms with Crippen molar-refractivity contribution in [3.8, 4) is 0 Å². The molecular weight excluding hydrogens is 226 g/mol. The summed E-state index contributed by atoms with van der Waals surface area (Å²) < 4.78 is 25.8. The minimum absolute atomic E-state index is 0.0350. The summed E-state index contributed by atoms with van der Waals surface area (Å²) in [6, 6.07) is 3.13. The number of hydrogen-bond donors (Lipinski definition) is 1. The molecule has 0 saturated carbocycles. The van der Waals surface area contributed by atoms with Crippen LogP contribution in [-0.2, 0) is 4.79 Å². The number of carbonyl (C=O) groups is 1. The van der Waals surface area contributed by atoms with Gasteiger partial charge < -0.3 is 10.2 Å². The number of anilines is 1. The molecule has 0 bridgehead atoms. The molecule has 0 atom stereocenters. The van der Waals surface area contributed by atoms with E-state index in [1.807, 2.05) is 0 Å². The maximum absolute atomic E-state index is 12.9. The van der Waals surface area contributed by atoms with E-state index in [0.29, 0.717) is 0 Å². The second kappa shape index (κ2) is 5.12. The van der Waals surface area contributed by atoms with Crippen molar-refractivity contribution >= 4 is 11.6 Å². The smallest absolute Gasteiger partial charge is 0.241 e. The molecule has 3 nitrogen and oxygen atoms in total. The molecule has 17 heavy (non-hydrogen) atoms. The summed E-state index contributed by atoms with van der Waals surface area (Å²) in [5, 5.41) is 2.73. The number of carbonyl (C=O) groups excluding carboxylic acids is 1. The molecule has 0 spiro atoms. The van der Waals surface area contributed by atoms with E-state index in [4.69, 9.17) is 0 Å². The first kappa shape index (κ1) is 11.8. The lowest BCUT2D eigenvalue weighted by atomic mass is 10.3. The molecule has 1 aliphatic heterocycles. The number of nitrogens with zero attached hydrogens (tertiary/aromatic N) is 1. The van der Waals surface area contributed by atoms with Crippen molar-refractivity contribution in [1.29, 1.82) is 0 Å². The summed E-state index contributed by atoms with van der Waals surface area (Å²) in [6.07, 6.45) is 2.06. The number of amides is 1. The van der Waals surface area contributed by atoms with Gasteiger partial charge in [0, 0.05) is 24.8 Å². The average Bonchev–Trinajstić information content (AvgIpc) is 2.78. The quantitative estimate of drug-likeness (QED) is 0.876. The Balaban J connectivity index is 1.90. The van der Waals surface area contributed by atoms with Gasteiger partial charge in [-0.15, -0.1) is 0 Å². The van der Waals surface area contributed by atoms with Gasteiger partial charge in [-0.3, -0.25) is 4.79 Å². The molecule has 0 radical (unpaired) electrons. The summed E-state index contributed by atoms with van der Waals surface area (Å²) in [5.74, 6) is -1.34. The van der Waals surface area contributed by atoms with E-state index in [1.54, 1.807) is 4.90 Å². The average molecular weight is 240 g/mol. The standard InChI is InChI=1S/C12H14F2N2O/c13-9-5-10(14)7-11(6-9)15-8-12(17)16-3-1-2-4-16/h5-7,15H,1-4,8H2. The second-order valence-corrected chi connectivity index (χ2v) is 4.10. The number of halogens is 2. The molecule has 1 saturated heterocycles. The fourth-order valence-corrected chi connectivity index (χ4v) is 1.91. The fraction of sp³-hybridized carbons (Fsp3) is 0.417. The molecule has 1 fully saturated rings. The number of nitrogens with one attached hydrogen (secondary N) is 1. The van der Waals surface area contributed by atoms with Crippen molar-refractivity contribution < 1.29 is 13.6 Å². The Kier molecular flexibility index (Phi) is 3.56. The summed E-state index contributed by atoms with van der Waals surface area (Å²) in [6.45, 7) is 1.62. The molecule has 0 aromatic heterocycles. The molecule has 92 valence electrons. The zero-order valence-electron chi connectivity index (χ0n) is 9.38. The lowest BCUT2D eigenvalue weighted by molar-refractivity contribution is -0.128. The number of rotatable bonds is 3. The minimum Gasteiger partial charge on any atom is -0.376 e. The maximum Gasteiger partial charge on any atom is 0.241 e. The van der Waals surface area contributed by atoms with Crippen LogP contribution in [0.1, 0.15) is 12.8 Å². The Hall–Kier alpha value is -1.65. The highest BCUT2D eigenvalue weighted by Crippen LogP contribution is 2.13. The lowest BCUT2D eigenvalue weighted by Crippen LogP contribution is -2.32. The van der Waals surface area contributed by atoms with Crippen molar-refractivity contribution in [2.45, 2.75) is 12.8 Å². The Morgan fingerprint density at radius 2 is 1.76 bits per heavy atom. The molecule has 1 aromatic rings. The van der Waals surface area contributed by atoms with Gasteiger partial charge in [0.1, 0.15) is 11.6 Å². The fourth-order valence-electron chi connectivity index (χ4n) is 1.91. The van der Waals surface area contributed by atoms with E-state index in [2.05, 4.69) is 5.32 Å². The third-order valence-corrected chi connectivity index (χ3v) is 2.77. The molecule has 1 amide bonds. The molecule has 1 N–H and O–H groups in total. The largest absolute Gasteiger partial charge is 0.376 e. The highest BCUT2D eigenvalue weighted by molar-refractivity contribution is 5.81. The van der Waals surface area contributed by atoms with E-state index in [0.717, 1.165) is 32.0 Å². The number of likely N-dealkylation sites (tertiary alicyclic amines) is 1. The highest BCUT2D eigenvalue weighted by atomic mass is 19.1. The predicted octanol–water partition coefficient (Wildman–Crippen LogP) is 2.00. The normalized spacial score (nSPS) is 15.1. The van der Waals surface area contributed by atoms with Crippen LogP contribution in [0.2, 0.25) is 0 Å². The number of benzene rings is 1. The first-order valence-electron chi connectivity index (χ1n) is 5.63. The van der Waals surface area contributed by atoms with Crippen LogP contribution >= 0.6 is 0 Å². The van der Waals surface area contributed by atoms with Gasteiger partial charge in [-0.1, -0.05) is 0 Å². The second-order valence-electron chi connectivity index (χ2n) is 4.10. The van der Waals surface area contributed by atoms with Gasteiger partial charge >= 0.3 is 0 Å². The van der Waals surface area contributed by atoms with Crippen LogP contribution in [0, 0.1) is 11.6 Å². The lowest BCUT2D eigenvalue weighted by Gasteiger charge is -2.15. The summed E-state index contributed by atoms with van der Waals surface area (Å²) in [4.78, 5) is 13.4. The highest BCUT2D eigenvalue weighted by Gasteiger charge is 2.17. The van der Waals surface area contributed by atoms with Crippen molar-refractivity contribution in [2.24, 2.45) is 0 Å². The van der Waals surface area contributed by atoms with Crippen LogP contribution in [0.15, 0.2) is 18.2 Å². The van der Waals surface area contributed by atoms with Crippen LogP contribution in [0.4, 0.5) is 14.5 Å². The predicted molar refractivity (Wildman–Crippen MR) is 60.7 cm³/mol. The maximum atomic E-state index is 12.9. The van der Waals surface area contributed by atoms with Gasteiger partial charge in [-0.25, -0.2) is 8.78 Å². The molecule has 1 aliphatic rings. The van der Waals surface area contributed by atoms with Gasteiger partial charge in [0.25, 0.3) is 0 Å². The van der Waals surface area contributed by atoms with E-state index >= 15 is 0 Å². The molecule has 1 aromatic carbocycles. The van der Waals surface area contributed by atoms with Gasteiger partial charge in [0.15, 0.2) is 0 Å². The Morgan fingerprint density at radius 3 is 2.35 bits per heavy atom. The molecule has 2 rings (SSSR count). The van der Waals surface area contributed by atoms with Crippen LogP contribution in [-0.4, -0.2) is 30.4 Å². The Bertz CT molecular complexity index is 397. The molecule has 1 heterocycles. The monoisotopic (exact) mass is 240 g/mol. The van der Waals surface area contributed by atoms with Gasteiger partial charge in [0.05, 0.1) is 6.54 Å². The van der Waals surface area contributed by atoms with Crippen LogP contribution in [0.25, 0.3) is 0 Å².